The van der Waals surface area contributed by atoms with Crippen LogP contribution in [0.15, 0.2) is 33.5 Å². The van der Waals surface area contributed by atoms with E-state index >= 15 is 0 Å². The van der Waals surface area contributed by atoms with Crippen molar-refractivity contribution < 1.29 is 13.9 Å². The van der Waals surface area contributed by atoms with E-state index in [2.05, 4.69) is 5.32 Å². The summed E-state index contributed by atoms with van der Waals surface area (Å²) in [4.78, 5) is 23.3. The van der Waals surface area contributed by atoms with Crippen molar-refractivity contribution >= 4 is 16.9 Å². The lowest BCUT2D eigenvalue weighted by molar-refractivity contribution is -0.136. The molecule has 1 aromatic carbocycles. The molecule has 20 heavy (non-hydrogen) atoms. The molecule has 1 aliphatic rings. The van der Waals surface area contributed by atoms with Crippen LogP contribution in [0.3, 0.4) is 0 Å². The summed E-state index contributed by atoms with van der Waals surface area (Å²) in [7, 11) is 0. The quantitative estimate of drug-likeness (QED) is 0.513. The van der Waals surface area contributed by atoms with Gasteiger partial charge in [0.25, 0.3) is 0 Å². The number of hydrogen-bond acceptors (Lipinski definition) is 5. The molecule has 0 radical (unpaired) electrons. The number of carbonyl (C=O) groups is 1. The fourth-order valence-corrected chi connectivity index (χ4v) is 2.44. The first-order chi connectivity index (χ1) is 9.63. The van der Waals surface area contributed by atoms with Crippen LogP contribution >= 0.6 is 0 Å². The summed E-state index contributed by atoms with van der Waals surface area (Å²) in [6.45, 7) is 2.68. The average molecular weight is 273 g/mol. The maximum absolute atomic E-state index is 11.9. The van der Waals surface area contributed by atoms with E-state index in [0.717, 1.165) is 30.3 Å². The van der Waals surface area contributed by atoms with E-state index in [-0.39, 0.29) is 12.0 Å². The molecule has 0 saturated carbocycles. The lowest BCUT2D eigenvalue weighted by Crippen LogP contribution is -2.34. The summed E-state index contributed by atoms with van der Waals surface area (Å²) in [5.41, 5.74) is 0.863. The predicted octanol–water partition coefficient (Wildman–Crippen LogP) is 1.76. The molecule has 2 aromatic rings. The first kappa shape index (κ1) is 12.9. The SMILES string of the molecule is Cc1cc(=O)oc2cc(OC(=O)C3CCCN3)ccc12. The second-order valence-corrected chi connectivity index (χ2v) is 4.98. The van der Waals surface area contributed by atoms with Gasteiger partial charge < -0.3 is 14.5 Å². The third kappa shape index (κ3) is 2.44. The van der Waals surface area contributed by atoms with E-state index in [0.29, 0.717) is 11.3 Å². The van der Waals surface area contributed by atoms with E-state index in [9.17, 15) is 9.59 Å². The molecule has 2 heterocycles. The highest BCUT2D eigenvalue weighted by Gasteiger charge is 2.24. The molecule has 1 atom stereocenters. The smallest absolute Gasteiger partial charge is 0.336 e. The summed E-state index contributed by atoms with van der Waals surface area (Å²) in [6.07, 6.45) is 1.77. The Labute approximate surface area is 115 Å². The maximum atomic E-state index is 11.9. The molecule has 104 valence electrons. The molecule has 1 aliphatic heterocycles. The number of ether oxygens (including phenoxy) is 1. The van der Waals surface area contributed by atoms with Gasteiger partial charge in [0.2, 0.25) is 0 Å². The van der Waals surface area contributed by atoms with Crippen LogP contribution in [-0.4, -0.2) is 18.6 Å². The van der Waals surface area contributed by atoms with Gasteiger partial charge in [-0.2, -0.15) is 0 Å². The van der Waals surface area contributed by atoms with Gasteiger partial charge in [-0.15, -0.1) is 0 Å². The zero-order valence-corrected chi connectivity index (χ0v) is 11.1. The Kier molecular flexibility index (Phi) is 3.28. The number of carbonyl (C=O) groups excluding carboxylic acids is 1. The fourth-order valence-electron chi connectivity index (χ4n) is 2.44. The van der Waals surface area contributed by atoms with Gasteiger partial charge in [-0.05, 0) is 44.0 Å². The van der Waals surface area contributed by atoms with Crippen molar-refractivity contribution in [2.45, 2.75) is 25.8 Å². The van der Waals surface area contributed by atoms with Gasteiger partial charge in [0.1, 0.15) is 17.4 Å². The maximum Gasteiger partial charge on any atom is 0.336 e. The van der Waals surface area contributed by atoms with Gasteiger partial charge in [-0.25, -0.2) is 9.59 Å². The first-order valence-electron chi connectivity index (χ1n) is 6.63. The Morgan fingerprint density at radius 1 is 1.40 bits per heavy atom. The van der Waals surface area contributed by atoms with Gasteiger partial charge in [0, 0.05) is 17.5 Å². The topological polar surface area (TPSA) is 68.5 Å². The minimum atomic E-state index is -0.407. The summed E-state index contributed by atoms with van der Waals surface area (Å²) in [6, 6.07) is 6.28. The van der Waals surface area contributed by atoms with Crippen LogP contribution in [0.25, 0.3) is 11.0 Å². The van der Waals surface area contributed by atoms with Crippen LogP contribution in [0.1, 0.15) is 18.4 Å². The molecule has 3 rings (SSSR count). The van der Waals surface area contributed by atoms with Crippen molar-refractivity contribution in [3.8, 4) is 5.75 Å². The Balaban J connectivity index is 1.89. The Morgan fingerprint density at radius 2 is 2.25 bits per heavy atom. The summed E-state index contributed by atoms with van der Waals surface area (Å²) in [5, 5.41) is 3.92. The second-order valence-electron chi connectivity index (χ2n) is 4.98. The highest BCUT2D eigenvalue weighted by atomic mass is 16.5. The number of fused-ring (bicyclic) bond motifs is 1. The molecule has 1 unspecified atom stereocenters. The molecule has 0 bridgehead atoms. The Morgan fingerprint density at radius 3 is 3.00 bits per heavy atom. The van der Waals surface area contributed by atoms with Crippen LogP contribution in [0.4, 0.5) is 0 Å². The summed E-state index contributed by atoms with van der Waals surface area (Å²) >= 11 is 0. The van der Waals surface area contributed by atoms with E-state index < -0.39 is 5.63 Å². The number of esters is 1. The standard InChI is InChI=1S/C15H15NO4/c1-9-7-14(17)20-13-8-10(4-5-11(9)13)19-15(18)12-3-2-6-16-12/h4-5,7-8,12,16H,2-3,6H2,1H3. The fraction of sp³-hybridized carbons (Fsp3) is 0.333. The highest BCUT2D eigenvalue weighted by Crippen LogP contribution is 2.23. The van der Waals surface area contributed by atoms with Gasteiger partial charge in [-0.3, -0.25) is 0 Å². The normalized spacial score (nSPS) is 18.4. The van der Waals surface area contributed by atoms with Crippen molar-refractivity contribution in [1.29, 1.82) is 0 Å². The third-order valence-electron chi connectivity index (χ3n) is 3.49. The first-order valence-corrected chi connectivity index (χ1v) is 6.63. The zero-order valence-electron chi connectivity index (χ0n) is 11.1. The summed E-state index contributed by atoms with van der Waals surface area (Å²) < 4.78 is 10.5. The van der Waals surface area contributed by atoms with E-state index in [4.69, 9.17) is 9.15 Å². The largest absolute Gasteiger partial charge is 0.425 e. The highest BCUT2D eigenvalue weighted by molar-refractivity contribution is 5.83. The average Bonchev–Trinajstić information content (AvgIpc) is 2.91. The second kappa shape index (κ2) is 5.09. The molecular formula is C15H15NO4. The molecule has 0 spiro atoms. The molecule has 1 N–H and O–H groups in total. The van der Waals surface area contributed by atoms with Crippen molar-refractivity contribution in [3.63, 3.8) is 0 Å². The van der Waals surface area contributed by atoms with E-state index in [1.165, 1.54) is 6.07 Å². The van der Waals surface area contributed by atoms with Crippen LogP contribution in [0, 0.1) is 6.92 Å². The van der Waals surface area contributed by atoms with Crippen molar-refractivity contribution in [2.24, 2.45) is 0 Å². The zero-order chi connectivity index (χ0) is 14.1. The van der Waals surface area contributed by atoms with Crippen molar-refractivity contribution in [3.05, 3.63) is 40.2 Å². The van der Waals surface area contributed by atoms with Gasteiger partial charge >= 0.3 is 11.6 Å². The third-order valence-corrected chi connectivity index (χ3v) is 3.49. The van der Waals surface area contributed by atoms with Crippen LogP contribution in [0.2, 0.25) is 0 Å². The molecule has 1 fully saturated rings. The Hall–Kier alpha value is -2.14. The predicted molar refractivity (Wildman–Crippen MR) is 73.9 cm³/mol. The molecular weight excluding hydrogens is 258 g/mol. The van der Waals surface area contributed by atoms with Crippen molar-refractivity contribution in [1.82, 2.24) is 5.32 Å². The van der Waals surface area contributed by atoms with Crippen LogP contribution < -0.4 is 15.7 Å². The number of nitrogens with one attached hydrogen (secondary N) is 1. The lowest BCUT2D eigenvalue weighted by atomic mass is 10.1. The molecule has 1 aromatic heterocycles. The molecule has 5 heteroatoms. The van der Waals surface area contributed by atoms with Gasteiger partial charge in [-0.1, -0.05) is 0 Å². The number of hydrogen-bond donors (Lipinski definition) is 1. The minimum Gasteiger partial charge on any atom is -0.425 e. The minimum absolute atomic E-state index is 0.241. The van der Waals surface area contributed by atoms with E-state index in [1.54, 1.807) is 18.2 Å². The molecule has 1 saturated heterocycles. The van der Waals surface area contributed by atoms with Gasteiger partial charge in [0.05, 0.1) is 0 Å². The molecule has 0 aliphatic carbocycles. The molecule has 5 nitrogen and oxygen atoms in total. The van der Waals surface area contributed by atoms with Crippen LogP contribution in [-0.2, 0) is 4.79 Å². The van der Waals surface area contributed by atoms with Crippen molar-refractivity contribution in [2.75, 3.05) is 6.54 Å². The summed E-state index contributed by atoms with van der Waals surface area (Å²) in [5.74, 6) is 0.0989. The Bertz CT molecular complexity index is 713. The number of benzene rings is 1. The molecule has 0 amide bonds. The number of aryl methyl sites for hydroxylation is 1. The number of rotatable bonds is 2. The van der Waals surface area contributed by atoms with Crippen LogP contribution in [0.5, 0.6) is 5.75 Å². The monoisotopic (exact) mass is 273 g/mol. The van der Waals surface area contributed by atoms with Gasteiger partial charge in [0.15, 0.2) is 0 Å². The van der Waals surface area contributed by atoms with E-state index in [1.807, 2.05) is 6.92 Å². The lowest BCUT2D eigenvalue weighted by Gasteiger charge is -2.10.